The summed E-state index contributed by atoms with van der Waals surface area (Å²) in [5.74, 6) is 1.34. The third kappa shape index (κ3) is 5.39. The van der Waals surface area contributed by atoms with Gasteiger partial charge in [-0.15, -0.1) is 0 Å². The van der Waals surface area contributed by atoms with Gasteiger partial charge in [-0.05, 0) is 36.4 Å². The monoisotopic (exact) mass is 441 g/mol. The Hall–Kier alpha value is -3.68. The number of fused-ring (bicyclic) bond motifs is 1. The highest BCUT2D eigenvalue weighted by molar-refractivity contribution is 5.93. The third-order valence-electron chi connectivity index (χ3n) is 5.76. The van der Waals surface area contributed by atoms with E-state index in [4.69, 9.17) is 9.72 Å². The standard InChI is InChI=1S/C26H27N5O2/c32-26(28-23-10-4-5-11-24(23)33-22-8-2-1-3-9-22)20-30-16-14-29(15-17-30)18-21-19-31-13-7-6-12-25(31)27-21/h1-13,19H,14-18,20H2,(H,28,32). The van der Waals surface area contributed by atoms with Crippen LogP contribution in [-0.2, 0) is 11.3 Å². The van der Waals surface area contributed by atoms with Crippen LogP contribution < -0.4 is 10.1 Å². The number of piperazine rings is 1. The smallest absolute Gasteiger partial charge is 0.238 e. The molecule has 2 aromatic carbocycles. The van der Waals surface area contributed by atoms with Crippen LogP contribution in [0.25, 0.3) is 5.65 Å². The fraction of sp³-hybridized carbons (Fsp3) is 0.231. The number of para-hydroxylation sites is 3. The van der Waals surface area contributed by atoms with Crippen LogP contribution in [0.2, 0.25) is 0 Å². The molecule has 7 heteroatoms. The summed E-state index contributed by atoms with van der Waals surface area (Å²) in [5, 5.41) is 3.01. The Bertz CT molecular complexity index is 1180. The van der Waals surface area contributed by atoms with Gasteiger partial charge in [-0.1, -0.05) is 36.4 Å². The average molecular weight is 442 g/mol. The number of anilines is 1. The van der Waals surface area contributed by atoms with E-state index in [1.54, 1.807) is 0 Å². The molecule has 0 atom stereocenters. The summed E-state index contributed by atoms with van der Waals surface area (Å²) >= 11 is 0. The average Bonchev–Trinajstić information content (AvgIpc) is 3.25. The Kier molecular flexibility index (Phi) is 6.32. The molecule has 1 fully saturated rings. The summed E-state index contributed by atoms with van der Waals surface area (Å²) in [6, 6.07) is 23.1. The molecule has 3 heterocycles. The number of nitrogens with zero attached hydrogens (tertiary/aromatic N) is 4. The molecule has 0 aliphatic carbocycles. The quantitative estimate of drug-likeness (QED) is 0.472. The van der Waals surface area contributed by atoms with Gasteiger partial charge >= 0.3 is 0 Å². The first-order valence-corrected chi connectivity index (χ1v) is 11.2. The van der Waals surface area contributed by atoms with Gasteiger partial charge < -0.3 is 14.5 Å². The number of carbonyl (C=O) groups excluding carboxylic acids is 1. The summed E-state index contributed by atoms with van der Waals surface area (Å²) in [7, 11) is 0. The molecule has 1 N–H and O–H groups in total. The fourth-order valence-corrected chi connectivity index (χ4v) is 4.07. The molecule has 0 unspecified atom stereocenters. The summed E-state index contributed by atoms with van der Waals surface area (Å²) < 4.78 is 8.00. The van der Waals surface area contributed by atoms with E-state index >= 15 is 0 Å². The van der Waals surface area contributed by atoms with Crippen LogP contribution in [0.1, 0.15) is 5.69 Å². The molecule has 1 aliphatic heterocycles. The lowest BCUT2D eigenvalue weighted by molar-refractivity contribution is -0.117. The van der Waals surface area contributed by atoms with Crippen molar-refractivity contribution in [3.63, 3.8) is 0 Å². The lowest BCUT2D eigenvalue weighted by Gasteiger charge is -2.33. The molecule has 4 aromatic rings. The fourth-order valence-electron chi connectivity index (χ4n) is 4.07. The molecule has 1 aliphatic rings. The highest BCUT2D eigenvalue weighted by Gasteiger charge is 2.20. The van der Waals surface area contributed by atoms with Gasteiger partial charge in [0.15, 0.2) is 5.75 Å². The van der Waals surface area contributed by atoms with Crippen LogP contribution in [-0.4, -0.2) is 57.8 Å². The van der Waals surface area contributed by atoms with Gasteiger partial charge in [0.25, 0.3) is 0 Å². The number of benzene rings is 2. The minimum Gasteiger partial charge on any atom is -0.455 e. The van der Waals surface area contributed by atoms with Crippen molar-refractivity contribution >= 4 is 17.2 Å². The minimum atomic E-state index is -0.0343. The number of hydrogen-bond acceptors (Lipinski definition) is 5. The summed E-state index contributed by atoms with van der Waals surface area (Å²) in [5.41, 5.74) is 2.72. The lowest BCUT2D eigenvalue weighted by Crippen LogP contribution is -2.48. The lowest BCUT2D eigenvalue weighted by atomic mass is 10.2. The first-order chi connectivity index (χ1) is 16.2. The maximum atomic E-state index is 12.7. The number of aromatic nitrogens is 2. The van der Waals surface area contributed by atoms with E-state index in [9.17, 15) is 4.79 Å². The first kappa shape index (κ1) is 21.2. The van der Waals surface area contributed by atoms with Crippen LogP contribution >= 0.6 is 0 Å². The molecule has 33 heavy (non-hydrogen) atoms. The van der Waals surface area contributed by atoms with E-state index in [1.165, 1.54) is 0 Å². The minimum absolute atomic E-state index is 0.0343. The zero-order valence-electron chi connectivity index (χ0n) is 18.4. The maximum absolute atomic E-state index is 12.7. The van der Waals surface area contributed by atoms with E-state index < -0.39 is 0 Å². The predicted octanol–water partition coefficient (Wildman–Crippen LogP) is 3.88. The molecule has 0 saturated carbocycles. The van der Waals surface area contributed by atoms with Crippen LogP contribution in [0.5, 0.6) is 11.5 Å². The van der Waals surface area contributed by atoms with Crippen molar-refractivity contribution in [2.75, 3.05) is 38.0 Å². The van der Waals surface area contributed by atoms with Crippen molar-refractivity contribution in [1.29, 1.82) is 0 Å². The predicted molar refractivity (Wildman–Crippen MR) is 128 cm³/mol. The molecule has 0 spiro atoms. The SMILES string of the molecule is O=C(CN1CCN(Cc2cn3ccccc3n2)CC1)Nc1ccccc1Oc1ccccc1. The number of rotatable bonds is 7. The topological polar surface area (TPSA) is 62.1 Å². The van der Waals surface area contributed by atoms with E-state index in [1.807, 2.05) is 79.0 Å². The number of pyridine rings is 1. The van der Waals surface area contributed by atoms with Crippen molar-refractivity contribution in [2.24, 2.45) is 0 Å². The largest absolute Gasteiger partial charge is 0.455 e. The molecule has 2 aromatic heterocycles. The molecule has 0 radical (unpaired) electrons. The Morgan fingerprint density at radius 3 is 2.42 bits per heavy atom. The number of amides is 1. The maximum Gasteiger partial charge on any atom is 0.238 e. The Balaban J connectivity index is 1.12. The number of carbonyl (C=O) groups is 1. The van der Waals surface area contributed by atoms with E-state index in [-0.39, 0.29) is 5.91 Å². The van der Waals surface area contributed by atoms with E-state index in [0.717, 1.165) is 49.8 Å². The summed E-state index contributed by atoms with van der Waals surface area (Å²) in [6.07, 6.45) is 4.11. The molecule has 1 saturated heterocycles. The van der Waals surface area contributed by atoms with Crippen molar-refractivity contribution in [1.82, 2.24) is 19.2 Å². The second-order valence-electron chi connectivity index (χ2n) is 8.21. The Morgan fingerprint density at radius 1 is 0.879 bits per heavy atom. The summed E-state index contributed by atoms with van der Waals surface area (Å²) in [4.78, 5) is 22.0. The van der Waals surface area contributed by atoms with Crippen LogP contribution in [0.15, 0.2) is 85.2 Å². The molecule has 168 valence electrons. The molecule has 1 amide bonds. The first-order valence-electron chi connectivity index (χ1n) is 11.2. The van der Waals surface area contributed by atoms with Crippen molar-refractivity contribution in [3.05, 3.63) is 90.9 Å². The highest BCUT2D eigenvalue weighted by Crippen LogP contribution is 2.29. The molecule has 5 rings (SSSR count). The number of imidazole rings is 1. The van der Waals surface area contributed by atoms with Gasteiger partial charge in [0.2, 0.25) is 5.91 Å². The van der Waals surface area contributed by atoms with Crippen LogP contribution in [0, 0.1) is 0 Å². The summed E-state index contributed by atoms with van der Waals surface area (Å²) in [6.45, 7) is 4.71. The molecule has 7 nitrogen and oxygen atoms in total. The molecule has 0 bridgehead atoms. The third-order valence-corrected chi connectivity index (χ3v) is 5.76. The van der Waals surface area contributed by atoms with Gasteiger partial charge in [0, 0.05) is 45.1 Å². The van der Waals surface area contributed by atoms with Gasteiger partial charge in [-0.2, -0.15) is 0 Å². The second-order valence-corrected chi connectivity index (χ2v) is 8.21. The molecular weight excluding hydrogens is 414 g/mol. The zero-order valence-corrected chi connectivity index (χ0v) is 18.4. The van der Waals surface area contributed by atoms with E-state index in [2.05, 4.69) is 25.7 Å². The number of ether oxygens (including phenoxy) is 1. The van der Waals surface area contributed by atoms with Crippen LogP contribution in [0.3, 0.4) is 0 Å². The zero-order chi connectivity index (χ0) is 22.5. The highest BCUT2D eigenvalue weighted by atomic mass is 16.5. The van der Waals surface area contributed by atoms with Gasteiger partial charge in [0.1, 0.15) is 11.4 Å². The molecular formula is C26H27N5O2. The van der Waals surface area contributed by atoms with Gasteiger partial charge in [-0.25, -0.2) is 4.98 Å². The van der Waals surface area contributed by atoms with Crippen molar-refractivity contribution in [2.45, 2.75) is 6.54 Å². The van der Waals surface area contributed by atoms with Gasteiger partial charge in [-0.3, -0.25) is 14.6 Å². The van der Waals surface area contributed by atoms with E-state index in [0.29, 0.717) is 18.0 Å². The Labute approximate surface area is 193 Å². The number of hydrogen-bond donors (Lipinski definition) is 1. The Morgan fingerprint density at radius 2 is 1.61 bits per heavy atom. The van der Waals surface area contributed by atoms with Crippen molar-refractivity contribution in [3.8, 4) is 11.5 Å². The van der Waals surface area contributed by atoms with Crippen LogP contribution in [0.4, 0.5) is 5.69 Å². The number of nitrogens with one attached hydrogen (secondary N) is 1. The van der Waals surface area contributed by atoms with Gasteiger partial charge in [0.05, 0.1) is 17.9 Å². The second kappa shape index (κ2) is 9.85. The van der Waals surface area contributed by atoms with Crippen molar-refractivity contribution < 1.29 is 9.53 Å². The normalized spacial score (nSPS) is 14.9.